The first kappa shape index (κ1) is 16.4. The summed E-state index contributed by atoms with van der Waals surface area (Å²) in [6, 6.07) is 4.32. The molecule has 0 aromatic heterocycles. The van der Waals surface area contributed by atoms with Crippen LogP contribution < -0.4 is 5.32 Å². The Morgan fingerprint density at radius 1 is 1.29 bits per heavy atom. The molecule has 21 heavy (non-hydrogen) atoms. The SMILES string of the molecule is CCCNC(CC1CC(OCC)C1)c1cccc(F)c1F. The molecule has 1 aromatic rings. The van der Waals surface area contributed by atoms with Gasteiger partial charge in [0.15, 0.2) is 11.6 Å². The van der Waals surface area contributed by atoms with Crippen molar-refractivity contribution in [3.8, 4) is 0 Å². The molecule has 0 aliphatic heterocycles. The number of benzene rings is 1. The zero-order valence-electron chi connectivity index (χ0n) is 12.9. The second-order valence-electron chi connectivity index (χ2n) is 5.80. The van der Waals surface area contributed by atoms with Gasteiger partial charge in [-0.25, -0.2) is 8.78 Å². The van der Waals surface area contributed by atoms with Crippen LogP contribution >= 0.6 is 0 Å². The Balaban J connectivity index is 2.00. The third-order valence-electron chi connectivity index (χ3n) is 4.16. The highest BCUT2D eigenvalue weighted by Crippen LogP contribution is 2.37. The first-order chi connectivity index (χ1) is 10.2. The summed E-state index contributed by atoms with van der Waals surface area (Å²) in [6.45, 7) is 5.62. The smallest absolute Gasteiger partial charge is 0.163 e. The molecule has 1 atom stereocenters. The van der Waals surface area contributed by atoms with Crippen molar-refractivity contribution in [1.82, 2.24) is 5.32 Å². The maximum absolute atomic E-state index is 14.0. The van der Waals surface area contributed by atoms with Gasteiger partial charge in [-0.05, 0) is 51.1 Å². The summed E-state index contributed by atoms with van der Waals surface area (Å²) in [6.07, 6.45) is 4.21. The first-order valence-corrected chi connectivity index (χ1v) is 7.94. The summed E-state index contributed by atoms with van der Waals surface area (Å²) < 4.78 is 33.0. The van der Waals surface area contributed by atoms with Gasteiger partial charge in [0.1, 0.15) is 0 Å². The Morgan fingerprint density at radius 2 is 2.05 bits per heavy atom. The van der Waals surface area contributed by atoms with Crippen LogP contribution in [0.1, 0.15) is 51.1 Å². The summed E-state index contributed by atoms with van der Waals surface area (Å²) in [5, 5.41) is 3.35. The van der Waals surface area contributed by atoms with Gasteiger partial charge < -0.3 is 10.1 Å². The molecule has 0 amide bonds. The Labute approximate surface area is 125 Å². The van der Waals surface area contributed by atoms with Crippen LogP contribution in [0.15, 0.2) is 18.2 Å². The topological polar surface area (TPSA) is 21.3 Å². The Hall–Kier alpha value is -1.00. The van der Waals surface area contributed by atoms with Crippen LogP contribution in [0, 0.1) is 17.6 Å². The van der Waals surface area contributed by atoms with Crippen molar-refractivity contribution in [2.75, 3.05) is 13.2 Å². The van der Waals surface area contributed by atoms with E-state index in [0.29, 0.717) is 17.6 Å². The van der Waals surface area contributed by atoms with Crippen LogP contribution in [0.3, 0.4) is 0 Å². The highest BCUT2D eigenvalue weighted by Gasteiger charge is 2.32. The van der Waals surface area contributed by atoms with Crippen LogP contribution in [0.5, 0.6) is 0 Å². The second-order valence-corrected chi connectivity index (χ2v) is 5.80. The van der Waals surface area contributed by atoms with Crippen molar-refractivity contribution >= 4 is 0 Å². The molecule has 1 aliphatic rings. The fourth-order valence-electron chi connectivity index (χ4n) is 3.00. The van der Waals surface area contributed by atoms with Crippen LogP contribution in [0.25, 0.3) is 0 Å². The molecular formula is C17H25F2NO. The lowest BCUT2D eigenvalue weighted by Gasteiger charge is -2.37. The molecule has 1 fully saturated rings. The number of ether oxygens (including phenoxy) is 1. The molecule has 2 rings (SSSR count). The largest absolute Gasteiger partial charge is 0.378 e. The van der Waals surface area contributed by atoms with Gasteiger partial charge in [-0.15, -0.1) is 0 Å². The van der Waals surface area contributed by atoms with E-state index >= 15 is 0 Å². The summed E-state index contributed by atoms with van der Waals surface area (Å²) in [5.41, 5.74) is 0.448. The molecule has 0 radical (unpaired) electrons. The normalized spacial score (nSPS) is 22.9. The average Bonchev–Trinajstić information content (AvgIpc) is 2.43. The highest BCUT2D eigenvalue weighted by molar-refractivity contribution is 5.22. The lowest BCUT2D eigenvalue weighted by molar-refractivity contribution is -0.0292. The Kier molecular flexibility index (Phi) is 6.12. The number of rotatable bonds is 8. The minimum Gasteiger partial charge on any atom is -0.378 e. The Morgan fingerprint density at radius 3 is 2.71 bits per heavy atom. The van der Waals surface area contributed by atoms with E-state index in [9.17, 15) is 8.78 Å². The van der Waals surface area contributed by atoms with Gasteiger partial charge in [0, 0.05) is 18.2 Å². The van der Waals surface area contributed by atoms with Crippen molar-refractivity contribution in [2.45, 2.75) is 51.7 Å². The molecule has 0 saturated heterocycles. The van der Waals surface area contributed by atoms with E-state index < -0.39 is 11.6 Å². The quantitative estimate of drug-likeness (QED) is 0.776. The van der Waals surface area contributed by atoms with E-state index in [1.807, 2.05) is 6.92 Å². The molecular weight excluding hydrogens is 272 g/mol. The lowest BCUT2D eigenvalue weighted by atomic mass is 9.77. The maximum Gasteiger partial charge on any atom is 0.163 e. The molecule has 1 aliphatic carbocycles. The van der Waals surface area contributed by atoms with Crippen LogP contribution in [-0.2, 0) is 4.74 Å². The summed E-state index contributed by atoms with van der Waals surface area (Å²) in [7, 11) is 0. The Bertz CT molecular complexity index is 446. The van der Waals surface area contributed by atoms with Gasteiger partial charge in [-0.2, -0.15) is 0 Å². The molecule has 4 heteroatoms. The van der Waals surface area contributed by atoms with Crippen LogP contribution in [0.4, 0.5) is 8.78 Å². The van der Waals surface area contributed by atoms with Gasteiger partial charge in [0.05, 0.1) is 6.10 Å². The highest BCUT2D eigenvalue weighted by atomic mass is 19.2. The zero-order chi connectivity index (χ0) is 15.2. The summed E-state index contributed by atoms with van der Waals surface area (Å²) >= 11 is 0. The predicted octanol–water partition coefficient (Wildman–Crippen LogP) is 4.21. The summed E-state index contributed by atoms with van der Waals surface area (Å²) in [5.74, 6) is -0.957. The van der Waals surface area contributed by atoms with Gasteiger partial charge >= 0.3 is 0 Å². The van der Waals surface area contributed by atoms with Crippen molar-refractivity contribution in [3.05, 3.63) is 35.4 Å². The fraction of sp³-hybridized carbons (Fsp3) is 0.647. The molecule has 0 spiro atoms. The van der Waals surface area contributed by atoms with Crippen molar-refractivity contribution in [2.24, 2.45) is 5.92 Å². The molecule has 0 bridgehead atoms. The van der Waals surface area contributed by atoms with Gasteiger partial charge in [0.25, 0.3) is 0 Å². The molecule has 1 N–H and O–H groups in total. The van der Waals surface area contributed by atoms with Crippen LogP contribution in [-0.4, -0.2) is 19.3 Å². The lowest BCUT2D eigenvalue weighted by Crippen LogP contribution is -2.35. The van der Waals surface area contributed by atoms with Crippen LogP contribution in [0.2, 0.25) is 0 Å². The van der Waals surface area contributed by atoms with E-state index in [1.54, 1.807) is 12.1 Å². The number of hydrogen-bond donors (Lipinski definition) is 1. The van der Waals surface area contributed by atoms with Gasteiger partial charge in [0.2, 0.25) is 0 Å². The second kappa shape index (κ2) is 7.85. The first-order valence-electron chi connectivity index (χ1n) is 7.94. The minimum absolute atomic E-state index is 0.117. The third-order valence-corrected chi connectivity index (χ3v) is 4.16. The minimum atomic E-state index is -0.767. The number of nitrogens with one attached hydrogen (secondary N) is 1. The van der Waals surface area contributed by atoms with E-state index in [4.69, 9.17) is 4.74 Å². The van der Waals surface area contributed by atoms with Gasteiger partial charge in [-0.1, -0.05) is 19.1 Å². The molecule has 1 unspecified atom stereocenters. The molecule has 1 saturated carbocycles. The predicted molar refractivity (Wildman–Crippen MR) is 80.1 cm³/mol. The van der Waals surface area contributed by atoms with Gasteiger partial charge in [-0.3, -0.25) is 0 Å². The maximum atomic E-state index is 14.0. The molecule has 0 heterocycles. The summed E-state index contributed by atoms with van der Waals surface area (Å²) in [4.78, 5) is 0. The number of hydrogen-bond acceptors (Lipinski definition) is 2. The van der Waals surface area contributed by atoms with E-state index in [2.05, 4.69) is 12.2 Å². The van der Waals surface area contributed by atoms with E-state index in [1.165, 1.54) is 6.07 Å². The van der Waals surface area contributed by atoms with E-state index in [0.717, 1.165) is 38.8 Å². The molecule has 118 valence electrons. The molecule has 2 nitrogen and oxygen atoms in total. The molecule has 1 aromatic carbocycles. The van der Waals surface area contributed by atoms with Crippen molar-refractivity contribution in [1.29, 1.82) is 0 Å². The monoisotopic (exact) mass is 297 g/mol. The number of halogens is 2. The zero-order valence-corrected chi connectivity index (χ0v) is 12.9. The third kappa shape index (κ3) is 4.24. The average molecular weight is 297 g/mol. The standard InChI is InChI=1S/C17H25F2NO/c1-3-8-20-16(11-12-9-13(10-12)21-4-2)14-6-5-7-15(18)17(14)19/h5-7,12-13,16,20H,3-4,8-11H2,1-2H3. The van der Waals surface area contributed by atoms with Crippen molar-refractivity contribution in [3.63, 3.8) is 0 Å². The van der Waals surface area contributed by atoms with E-state index in [-0.39, 0.29) is 6.04 Å². The van der Waals surface area contributed by atoms with Crippen molar-refractivity contribution < 1.29 is 13.5 Å². The fourth-order valence-corrected chi connectivity index (χ4v) is 3.00.